The van der Waals surface area contributed by atoms with Gasteiger partial charge in [0, 0.05) is 11.7 Å². The molecule has 0 radical (unpaired) electrons. The van der Waals surface area contributed by atoms with Crippen molar-refractivity contribution in [1.82, 2.24) is 0 Å². The zero-order valence-electron chi connectivity index (χ0n) is 9.67. The van der Waals surface area contributed by atoms with Crippen molar-refractivity contribution < 1.29 is 19.5 Å². The first-order valence-electron chi connectivity index (χ1n) is 5.29. The Morgan fingerprint density at radius 3 is 2.88 bits per heavy atom. The third-order valence-electron chi connectivity index (χ3n) is 2.25. The van der Waals surface area contributed by atoms with Crippen molar-refractivity contribution in [2.45, 2.75) is 38.7 Å². The highest BCUT2D eigenvalue weighted by Gasteiger charge is 2.35. The molecule has 0 saturated carbocycles. The molecule has 92 valence electrons. The van der Waals surface area contributed by atoms with Gasteiger partial charge in [0.15, 0.2) is 5.44 Å². The van der Waals surface area contributed by atoms with Crippen LogP contribution in [0, 0.1) is 5.92 Å². The van der Waals surface area contributed by atoms with Crippen LogP contribution in [0.4, 0.5) is 4.79 Å². The summed E-state index contributed by atoms with van der Waals surface area (Å²) >= 11 is 1.45. The summed E-state index contributed by atoms with van der Waals surface area (Å²) in [6.45, 7) is 5.50. The average molecular weight is 247 g/mol. The molecule has 0 bridgehead atoms. The van der Waals surface area contributed by atoms with Crippen molar-refractivity contribution in [3.63, 3.8) is 0 Å². The van der Waals surface area contributed by atoms with E-state index in [1.54, 1.807) is 13.8 Å². The molecular formula is C10H17NO4S. The van der Waals surface area contributed by atoms with Gasteiger partial charge in [-0.25, -0.2) is 4.79 Å². The summed E-state index contributed by atoms with van der Waals surface area (Å²) in [5, 5.41) is 12.1. The third kappa shape index (κ3) is 3.30. The van der Waals surface area contributed by atoms with Crippen LogP contribution in [-0.4, -0.2) is 34.4 Å². The van der Waals surface area contributed by atoms with Crippen molar-refractivity contribution in [2.75, 3.05) is 5.75 Å². The summed E-state index contributed by atoms with van der Waals surface area (Å²) in [5.74, 6) is 0.974. The molecule has 1 fully saturated rings. The van der Waals surface area contributed by atoms with Gasteiger partial charge in [0.05, 0.1) is 6.10 Å². The minimum Gasteiger partial charge on any atom is -0.432 e. The van der Waals surface area contributed by atoms with E-state index in [1.807, 2.05) is 6.92 Å². The molecule has 0 aromatic rings. The van der Waals surface area contributed by atoms with Crippen molar-refractivity contribution in [2.24, 2.45) is 11.1 Å². The molecule has 1 aliphatic rings. The summed E-state index contributed by atoms with van der Waals surface area (Å²) in [6.07, 6.45) is -0.0633. The Morgan fingerprint density at radius 2 is 2.38 bits per heavy atom. The molecule has 2 unspecified atom stereocenters. The zero-order valence-corrected chi connectivity index (χ0v) is 10.5. The molecule has 1 heterocycles. The summed E-state index contributed by atoms with van der Waals surface area (Å²) in [7, 11) is 0. The maximum Gasteiger partial charge on any atom is 0.510 e. The molecule has 0 spiro atoms. The second kappa shape index (κ2) is 5.98. The molecule has 0 aliphatic carbocycles. The summed E-state index contributed by atoms with van der Waals surface area (Å²) in [6, 6.07) is 0. The molecule has 1 saturated heterocycles. The van der Waals surface area contributed by atoms with Crippen LogP contribution in [0.5, 0.6) is 0 Å². The second-order valence-electron chi connectivity index (χ2n) is 3.83. The highest BCUT2D eigenvalue weighted by molar-refractivity contribution is 8.01. The van der Waals surface area contributed by atoms with Crippen LogP contribution in [0.3, 0.4) is 0 Å². The van der Waals surface area contributed by atoms with Crippen LogP contribution in [-0.2, 0) is 9.47 Å². The van der Waals surface area contributed by atoms with E-state index in [9.17, 15) is 4.79 Å². The van der Waals surface area contributed by atoms with Gasteiger partial charge in [0.1, 0.15) is 5.71 Å². The number of thioether (sulfide) groups is 1. The van der Waals surface area contributed by atoms with Crippen LogP contribution in [0.15, 0.2) is 5.16 Å². The van der Waals surface area contributed by atoms with Crippen molar-refractivity contribution in [1.29, 1.82) is 0 Å². The second-order valence-corrected chi connectivity index (χ2v) is 4.92. The third-order valence-corrected chi connectivity index (χ3v) is 3.49. The molecule has 1 N–H and O–H groups in total. The Morgan fingerprint density at radius 1 is 1.69 bits per heavy atom. The predicted octanol–water partition coefficient (Wildman–Crippen LogP) is 2.48. The van der Waals surface area contributed by atoms with E-state index in [1.165, 1.54) is 11.8 Å². The maximum absolute atomic E-state index is 11.3. The first kappa shape index (κ1) is 13.2. The molecule has 5 nitrogen and oxygen atoms in total. The van der Waals surface area contributed by atoms with E-state index < -0.39 is 11.6 Å². The molecule has 16 heavy (non-hydrogen) atoms. The van der Waals surface area contributed by atoms with Crippen molar-refractivity contribution >= 4 is 23.6 Å². The Balaban J connectivity index is 2.52. The average Bonchev–Trinajstić information content (AvgIpc) is 2.58. The van der Waals surface area contributed by atoms with E-state index in [2.05, 4.69) is 5.16 Å². The molecular weight excluding hydrogens is 230 g/mol. The number of carbonyl (C=O) groups excluding carboxylic acids is 1. The van der Waals surface area contributed by atoms with Crippen LogP contribution in [0.2, 0.25) is 0 Å². The number of hydrogen-bond acceptors (Lipinski definition) is 6. The van der Waals surface area contributed by atoms with Gasteiger partial charge in [0.2, 0.25) is 0 Å². The van der Waals surface area contributed by atoms with Gasteiger partial charge >= 0.3 is 6.16 Å². The van der Waals surface area contributed by atoms with Gasteiger partial charge in [0.25, 0.3) is 0 Å². The lowest BCUT2D eigenvalue weighted by atomic mass is 10.0. The predicted molar refractivity (Wildman–Crippen MR) is 62.0 cm³/mol. The van der Waals surface area contributed by atoms with Gasteiger partial charge < -0.3 is 14.7 Å². The SMILES string of the molecule is CCC1CSC(OC(=O)OC(C)C)C1=NO. The lowest BCUT2D eigenvalue weighted by molar-refractivity contribution is 0.0379. The van der Waals surface area contributed by atoms with Gasteiger partial charge in [-0.2, -0.15) is 0 Å². The normalized spacial score (nSPS) is 27.4. The number of nitrogens with zero attached hydrogens (tertiary/aromatic N) is 1. The Kier molecular flexibility index (Phi) is 4.92. The Hall–Kier alpha value is -0.910. The molecule has 0 aromatic carbocycles. The van der Waals surface area contributed by atoms with E-state index in [0.29, 0.717) is 5.71 Å². The fourth-order valence-corrected chi connectivity index (χ4v) is 2.80. The highest BCUT2D eigenvalue weighted by atomic mass is 32.2. The van der Waals surface area contributed by atoms with Gasteiger partial charge in [-0.05, 0) is 20.3 Å². The lowest BCUT2D eigenvalue weighted by Crippen LogP contribution is -2.25. The van der Waals surface area contributed by atoms with Crippen LogP contribution in [0.1, 0.15) is 27.2 Å². The molecule has 2 atom stereocenters. The fraction of sp³-hybridized carbons (Fsp3) is 0.800. The lowest BCUT2D eigenvalue weighted by Gasteiger charge is -2.14. The molecule has 6 heteroatoms. The van der Waals surface area contributed by atoms with E-state index in [-0.39, 0.29) is 12.0 Å². The summed E-state index contributed by atoms with van der Waals surface area (Å²) < 4.78 is 9.93. The number of hydrogen-bond donors (Lipinski definition) is 1. The summed E-state index contributed by atoms with van der Waals surface area (Å²) in [4.78, 5) is 11.3. The van der Waals surface area contributed by atoms with Crippen molar-refractivity contribution in [3.8, 4) is 0 Å². The first-order chi connectivity index (χ1) is 7.58. The van der Waals surface area contributed by atoms with Crippen molar-refractivity contribution in [3.05, 3.63) is 0 Å². The number of oxime groups is 1. The number of ether oxygens (including phenoxy) is 2. The molecule has 0 amide bonds. The monoisotopic (exact) mass is 247 g/mol. The standard InChI is InChI=1S/C10H17NO4S/c1-4-7-5-16-9(8(7)11-13)15-10(12)14-6(2)3/h6-7,9,13H,4-5H2,1-3H3. The minimum atomic E-state index is -0.717. The van der Waals surface area contributed by atoms with E-state index in [0.717, 1.165) is 12.2 Å². The largest absolute Gasteiger partial charge is 0.510 e. The topological polar surface area (TPSA) is 68.1 Å². The first-order valence-corrected chi connectivity index (χ1v) is 6.34. The smallest absolute Gasteiger partial charge is 0.432 e. The van der Waals surface area contributed by atoms with Crippen LogP contribution in [0.25, 0.3) is 0 Å². The van der Waals surface area contributed by atoms with E-state index in [4.69, 9.17) is 14.7 Å². The van der Waals surface area contributed by atoms with Crippen LogP contribution < -0.4 is 0 Å². The fourth-order valence-electron chi connectivity index (χ4n) is 1.42. The van der Waals surface area contributed by atoms with Gasteiger partial charge in [-0.1, -0.05) is 12.1 Å². The molecule has 1 aliphatic heterocycles. The van der Waals surface area contributed by atoms with Crippen LogP contribution >= 0.6 is 11.8 Å². The maximum atomic E-state index is 11.3. The quantitative estimate of drug-likeness (QED) is 0.471. The molecule has 1 rings (SSSR count). The Bertz CT molecular complexity index is 280. The minimum absolute atomic E-state index is 0.173. The highest BCUT2D eigenvalue weighted by Crippen LogP contribution is 2.32. The number of carbonyl (C=O) groups is 1. The molecule has 0 aromatic heterocycles. The Labute approximate surface area is 99.2 Å². The van der Waals surface area contributed by atoms with Gasteiger partial charge in [-0.3, -0.25) is 0 Å². The summed E-state index contributed by atoms with van der Waals surface area (Å²) in [5.41, 5.74) is 0.00871. The van der Waals surface area contributed by atoms with Gasteiger partial charge in [-0.15, -0.1) is 11.8 Å². The van der Waals surface area contributed by atoms with E-state index >= 15 is 0 Å². The number of rotatable bonds is 3. The zero-order chi connectivity index (χ0) is 12.1.